The highest BCUT2D eigenvalue weighted by atomic mass is 19.4. The van der Waals surface area contributed by atoms with Gasteiger partial charge in [0.05, 0.1) is 11.5 Å². The summed E-state index contributed by atoms with van der Waals surface area (Å²) in [6.45, 7) is 2.13. The summed E-state index contributed by atoms with van der Waals surface area (Å²) < 4.78 is 50.8. The van der Waals surface area contributed by atoms with E-state index in [-0.39, 0.29) is 25.3 Å². The van der Waals surface area contributed by atoms with Gasteiger partial charge in [-0.2, -0.15) is 13.2 Å². The average Bonchev–Trinajstić information content (AvgIpc) is 3.32. The maximum atomic E-state index is 13.2. The molecule has 0 radical (unpaired) electrons. The first kappa shape index (κ1) is 28.1. The van der Waals surface area contributed by atoms with E-state index in [1.54, 1.807) is 24.3 Å². The summed E-state index contributed by atoms with van der Waals surface area (Å²) in [7, 11) is 0. The van der Waals surface area contributed by atoms with Gasteiger partial charge in [0, 0.05) is 35.7 Å². The zero-order valence-electron chi connectivity index (χ0n) is 21.2. The topological polar surface area (TPSA) is 124 Å². The molecule has 0 atom stereocenters. The van der Waals surface area contributed by atoms with Gasteiger partial charge in [0.2, 0.25) is 5.78 Å². The van der Waals surface area contributed by atoms with Crippen LogP contribution in [0.15, 0.2) is 71.1 Å². The van der Waals surface area contributed by atoms with E-state index in [2.05, 4.69) is 10.6 Å². The van der Waals surface area contributed by atoms with Crippen molar-refractivity contribution in [2.45, 2.75) is 25.9 Å². The lowest BCUT2D eigenvalue weighted by Crippen LogP contribution is -2.34. The second kappa shape index (κ2) is 11.9. The predicted octanol–water partition coefficient (Wildman–Crippen LogP) is 6.11. The number of amides is 1. The Hall–Kier alpha value is -4.87. The normalized spacial score (nSPS) is 11.3. The average molecular weight is 556 g/mol. The standard InChI is InChI=1S/C28H24F3N3O6/c1-17-2-11-26-18(14-17)15-22(40-26)8-10-25(35)27(36)32-12-13-39-21-6-3-19(4-7-21)33-20-5-9-24(34(37)38)23(16-20)28(29,30)31/h2-7,9,11,14-16,33H,8,10,12-13H2,1H3,(H,32,36). The third kappa shape index (κ3) is 7.16. The lowest BCUT2D eigenvalue weighted by molar-refractivity contribution is -0.388. The summed E-state index contributed by atoms with van der Waals surface area (Å²) in [5, 5.41) is 17.1. The first-order valence-electron chi connectivity index (χ1n) is 12.2. The molecule has 208 valence electrons. The van der Waals surface area contributed by atoms with Gasteiger partial charge in [0.1, 0.15) is 29.3 Å². The number of anilines is 2. The number of nitro groups is 1. The van der Waals surface area contributed by atoms with E-state index >= 15 is 0 Å². The first-order chi connectivity index (χ1) is 19.0. The van der Waals surface area contributed by atoms with Crippen molar-refractivity contribution in [3.8, 4) is 5.75 Å². The fraction of sp³-hybridized carbons (Fsp3) is 0.214. The number of ether oxygens (including phenoxy) is 1. The van der Waals surface area contributed by atoms with E-state index in [1.807, 2.05) is 31.2 Å². The van der Waals surface area contributed by atoms with Crippen molar-refractivity contribution < 1.29 is 36.8 Å². The van der Waals surface area contributed by atoms with E-state index in [0.29, 0.717) is 29.7 Å². The number of benzene rings is 3. The highest BCUT2D eigenvalue weighted by molar-refractivity contribution is 6.36. The minimum atomic E-state index is -4.88. The minimum absolute atomic E-state index is 0.000812. The number of ketones is 1. The van der Waals surface area contributed by atoms with Crippen LogP contribution in [0.4, 0.5) is 30.2 Å². The summed E-state index contributed by atoms with van der Waals surface area (Å²) >= 11 is 0. The van der Waals surface area contributed by atoms with Crippen molar-refractivity contribution in [1.82, 2.24) is 5.32 Å². The number of nitro benzene ring substituents is 1. The number of Topliss-reactive ketones (excluding diaryl/α,β-unsaturated/α-hetero) is 1. The molecule has 1 aromatic heterocycles. The number of halogens is 3. The molecule has 0 aliphatic heterocycles. The van der Waals surface area contributed by atoms with Gasteiger partial charge in [-0.15, -0.1) is 0 Å². The van der Waals surface area contributed by atoms with Crippen LogP contribution >= 0.6 is 0 Å². The summed E-state index contributed by atoms with van der Waals surface area (Å²) in [6.07, 6.45) is -4.58. The van der Waals surface area contributed by atoms with Crippen molar-refractivity contribution in [3.63, 3.8) is 0 Å². The molecule has 1 amide bonds. The second-order valence-electron chi connectivity index (χ2n) is 8.92. The molecule has 0 unspecified atom stereocenters. The van der Waals surface area contributed by atoms with Gasteiger partial charge >= 0.3 is 6.18 Å². The molecule has 1 heterocycles. The number of nitrogens with one attached hydrogen (secondary N) is 2. The van der Waals surface area contributed by atoms with Crippen molar-refractivity contribution >= 4 is 39.7 Å². The van der Waals surface area contributed by atoms with Crippen molar-refractivity contribution in [3.05, 3.63) is 93.7 Å². The summed E-state index contributed by atoms with van der Waals surface area (Å²) in [4.78, 5) is 34.1. The number of aryl methyl sites for hydroxylation is 2. The smallest absolute Gasteiger partial charge is 0.423 e. The SMILES string of the molecule is Cc1ccc2oc(CCC(=O)C(=O)NCCOc3ccc(Nc4ccc([N+](=O)[O-])c(C(F)(F)F)c4)cc3)cc2c1. The zero-order valence-corrected chi connectivity index (χ0v) is 21.2. The molecule has 12 heteroatoms. The molecule has 0 bridgehead atoms. The lowest BCUT2D eigenvalue weighted by Gasteiger charge is -2.12. The number of carbonyl (C=O) groups is 2. The molecule has 4 rings (SSSR count). The fourth-order valence-electron chi connectivity index (χ4n) is 3.92. The fourth-order valence-corrected chi connectivity index (χ4v) is 3.92. The number of fused-ring (bicyclic) bond motifs is 1. The molecule has 40 heavy (non-hydrogen) atoms. The Morgan fingerprint density at radius 3 is 2.42 bits per heavy atom. The highest BCUT2D eigenvalue weighted by Gasteiger charge is 2.38. The number of carbonyl (C=O) groups excluding carboxylic acids is 2. The van der Waals surface area contributed by atoms with Gasteiger partial charge in [-0.1, -0.05) is 11.6 Å². The van der Waals surface area contributed by atoms with Crippen molar-refractivity contribution in [2.24, 2.45) is 0 Å². The third-order valence-corrected chi connectivity index (χ3v) is 5.87. The number of nitrogens with zero attached hydrogens (tertiary/aromatic N) is 1. The molecule has 0 fully saturated rings. The quantitative estimate of drug-likeness (QED) is 0.0991. The van der Waals surface area contributed by atoms with Crippen LogP contribution in [0.25, 0.3) is 11.0 Å². The number of hydrogen-bond acceptors (Lipinski definition) is 7. The predicted molar refractivity (Wildman–Crippen MR) is 141 cm³/mol. The van der Waals surface area contributed by atoms with Crippen molar-refractivity contribution in [1.29, 1.82) is 0 Å². The molecule has 4 aromatic rings. The Kier molecular flexibility index (Phi) is 8.37. The monoisotopic (exact) mass is 555 g/mol. The summed E-state index contributed by atoms with van der Waals surface area (Å²) in [5.41, 5.74) is -0.123. The Morgan fingerprint density at radius 2 is 1.73 bits per heavy atom. The van der Waals surface area contributed by atoms with Crippen LogP contribution in [0.3, 0.4) is 0 Å². The molecular formula is C28H24F3N3O6. The number of rotatable bonds is 11. The molecular weight excluding hydrogens is 531 g/mol. The molecule has 2 N–H and O–H groups in total. The van der Waals surface area contributed by atoms with Gasteiger partial charge < -0.3 is 19.8 Å². The summed E-state index contributed by atoms with van der Waals surface area (Å²) in [5.74, 6) is -0.258. The molecule has 0 saturated carbocycles. The van der Waals surface area contributed by atoms with Gasteiger partial charge in [0.15, 0.2) is 0 Å². The van der Waals surface area contributed by atoms with Crippen LogP contribution in [0.5, 0.6) is 5.75 Å². The van der Waals surface area contributed by atoms with Crippen LogP contribution in [-0.2, 0) is 22.2 Å². The van der Waals surface area contributed by atoms with Crippen molar-refractivity contribution in [2.75, 3.05) is 18.5 Å². The largest absolute Gasteiger partial charge is 0.492 e. The Bertz CT molecular complexity index is 1550. The maximum Gasteiger partial charge on any atom is 0.423 e. The Labute approximate surface area is 226 Å². The number of furan rings is 1. The molecule has 0 spiro atoms. The Morgan fingerprint density at radius 1 is 1.00 bits per heavy atom. The van der Waals surface area contributed by atoms with Crippen LogP contribution < -0.4 is 15.4 Å². The summed E-state index contributed by atoms with van der Waals surface area (Å²) in [6, 6.07) is 16.5. The maximum absolute atomic E-state index is 13.2. The molecule has 0 aliphatic rings. The van der Waals surface area contributed by atoms with E-state index in [9.17, 15) is 32.9 Å². The first-order valence-corrected chi connectivity index (χ1v) is 12.2. The van der Waals surface area contributed by atoms with Gasteiger partial charge in [-0.05, 0) is 61.5 Å². The zero-order chi connectivity index (χ0) is 28.9. The van der Waals surface area contributed by atoms with Crippen LogP contribution in [0.1, 0.15) is 23.3 Å². The van der Waals surface area contributed by atoms with Crippen LogP contribution in [0, 0.1) is 17.0 Å². The molecule has 9 nitrogen and oxygen atoms in total. The lowest BCUT2D eigenvalue weighted by atomic mass is 10.1. The number of alkyl halides is 3. The molecule has 0 saturated heterocycles. The van der Waals surface area contributed by atoms with Gasteiger partial charge in [-0.3, -0.25) is 19.7 Å². The van der Waals surface area contributed by atoms with E-state index in [4.69, 9.17) is 9.15 Å². The Balaban J connectivity index is 1.21. The molecule has 3 aromatic carbocycles. The van der Waals surface area contributed by atoms with Crippen LogP contribution in [0.2, 0.25) is 0 Å². The van der Waals surface area contributed by atoms with Gasteiger partial charge in [-0.25, -0.2) is 0 Å². The second-order valence-corrected chi connectivity index (χ2v) is 8.92. The van der Waals surface area contributed by atoms with E-state index in [0.717, 1.165) is 22.6 Å². The van der Waals surface area contributed by atoms with E-state index < -0.39 is 34.0 Å². The highest BCUT2D eigenvalue weighted by Crippen LogP contribution is 2.38. The number of hydrogen-bond donors (Lipinski definition) is 2. The van der Waals surface area contributed by atoms with E-state index in [1.165, 1.54) is 6.07 Å². The molecule has 0 aliphatic carbocycles. The van der Waals surface area contributed by atoms with Gasteiger partial charge in [0.25, 0.3) is 11.6 Å². The van der Waals surface area contributed by atoms with Crippen LogP contribution in [-0.4, -0.2) is 29.8 Å². The third-order valence-electron chi connectivity index (χ3n) is 5.87. The minimum Gasteiger partial charge on any atom is -0.492 e.